The zero-order valence-corrected chi connectivity index (χ0v) is 11.6. The lowest BCUT2D eigenvalue weighted by Crippen LogP contribution is -2.10. The summed E-state index contributed by atoms with van der Waals surface area (Å²) < 4.78 is 38.0. The van der Waals surface area contributed by atoms with Crippen LogP contribution in [0.15, 0.2) is 30.6 Å². The fraction of sp³-hybridized carbons (Fsp3) is 0.357. The van der Waals surface area contributed by atoms with Crippen LogP contribution in [0.1, 0.15) is 23.6 Å². The van der Waals surface area contributed by atoms with Crippen molar-refractivity contribution in [3.05, 3.63) is 41.9 Å². The second-order valence-corrected chi connectivity index (χ2v) is 5.05. The van der Waals surface area contributed by atoms with E-state index in [1.54, 1.807) is 6.20 Å². The van der Waals surface area contributed by atoms with Crippen molar-refractivity contribution >= 4 is 11.8 Å². The van der Waals surface area contributed by atoms with E-state index in [-0.39, 0.29) is 11.8 Å². The minimum atomic E-state index is -4.41. The molecule has 0 saturated carbocycles. The molecule has 3 rings (SSSR count). The number of hydrogen-bond acceptors (Lipinski definition) is 5. The van der Waals surface area contributed by atoms with Crippen LogP contribution in [0.25, 0.3) is 0 Å². The van der Waals surface area contributed by atoms with Crippen LogP contribution in [-0.4, -0.2) is 28.0 Å². The van der Waals surface area contributed by atoms with Crippen LogP contribution in [0.2, 0.25) is 0 Å². The number of nitrogens with one attached hydrogen (secondary N) is 2. The highest BCUT2D eigenvalue weighted by molar-refractivity contribution is 5.49. The zero-order chi connectivity index (χ0) is 15.6. The number of pyridine rings is 1. The zero-order valence-electron chi connectivity index (χ0n) is 11.6. The lowest BCUT2D eigenvalue weighted by Gasteiger charge is -2.11. The average molecular weight is 309 g/mol. The van der Waals surface area contributed by atoms with Crippen LogP contribution < -0.4 is 10.6 Å². The Kier molecular flexibility index (Phi) is 3.93. The third-order valence-corrected chi connectivity index (χ3v) is 3.48. The Morgan fingerprint density at radius 2 is 2.00 bits per heavy atom. The maximum atomic E-state index is 12.7. The van der Waals surface area contributed by atoms with E-state index in [9.17, 15) is 13.2 Å². The van der Waals surface area contributed by atoms with Crippen molar-refractivity contribution in [3.8, 4) is 0 Å². The summed E-state index contributed by atoms with van der Waals surface area (Å²) in [5, 5.41) is 5.97. The third-order valence-electron chi connectivity index (χ3n) is 3.48. The van der Waals surface area contributed by atoms with Crippen LogP contribution >= 0.6 is 0 Å². The number of anilines is 2. The summed E-state index contributed by atoms with van der Waals surface area (Å²) >= 11 is 0. The SMILES string of the molecule is FC(F)(F)c1ccnc(Nc2nccc([C@H]3CCNC3)n2)c1. The molecule has 0 spiro atoms. The van der Waals surface area contributed by atoms with Gasteiger partial charge in [-0.3, -0.25) is 0 Å². The molecule has 0 aliphatic carbocycles. The molecule has 3 heterocycles. The Bertz CT molecular complexity index is 653. The fourth-order valence-electron chi connectivity index (χ4n) is 2.36. The predicted molar refractivity (Wildman–Crippen MR) is 74.8 cm³/mol. The molecule has 5 nitrogen and oxygen atoms in total. The van der Waals surface area contributed by atoms with Gasteiger partial charge in [0, 0.05) is 24.9 Å². The van der Waals surface area contributed by atoms with Gasteiger partial charge in [-0.05, 0) is 31.2 Å². The second kappa shape index (κ2) is 5.88. The van der Waals surface area contributed by atoms with Crippen molar-refractivity contribution < 1.29 is 13.2 Å². The summed E-state index contributed by atoms with van der Waals surface area (Å²) in [6.45, 7) is 1.78. The van der Waals surface area contributed by atoms with E-state index < -0.39 is 11.7 Å². The monoisotopic (exact) mass is 309 g/mol. The first kappa shape index (κ1) is 14.7. The highest BCUT2D eigenvalue weighted by Gasteiger charge is 2.30. The van der Waals surface area contributed by atoms with Gasteiger partial charge in [-0.15, -0.1) is 0 Å². The van der Waals surface area contributed by atoms with Crippen LogP contribution in [0.5, 0.6) is 0 Å². The van der Waals surface area contributed by atoms with Gasteiger partial charge in [-0.2, -0.15) is 13.2 Å². The highest BCUT2D eigenvalue weighted by atomic mass is 19.4. The summed E-state index contributed by atoms with van der Waals surface area (Å²) in [4.78, 5) is 12.3. The first-order valence-electron chi connectivity index (χ1n) is 6.86. The van der Waals surface area contributed by atoms with Gasteiger partial charge < -0.3 is 10.6 Å². The average Bonchev–Trinajstić information content (AvgIpc) is 3.01. The van der Waals surface area contributed by atoms with Gasteiger partial charge >= 0.3 is 6.18 Å². The Morgan fingerprint density at radius 3 is 2.73 bits per heavy atom. The van der Waals surface area contributed by atoms with Gasteiger partial charge in [0.05, 0.1) is 11.3 Å². The van der Waals surface area contributed by atoms with Gasteiger partial charge in [0.1, 0.15) is 5.82 Å². The molecular weight excluding hydrogens is 295 g/mol. The van der Waals surface area contributed by atoms with Crippen molar-refractivity contribution in [2.75, 3.05) is 18.4 Å². The fourth-order valence-corrected chi connectivity index (χ4v) is 2.36. The smallest absolute Gasteiger partial charge is 0.316 e. The van der Waals surface area contributed by atoms with E-state index >= 15 is 0 Å². The van der Waals surface area contributed by atoms with Gasteiger partial charge in [0.25, 0.3) is 0 Å². The molecule has 0 unspecified atom stereocenters. The Balaban J connectivity index is 1.80. The lowest BCUT2D eigenvalue weighted by atomic mass is 10.1. The molecule has 0 radical (unpaired) electrons. The van der Waals surface area contributed by atoms with E-state index in [4.69, 9.17) is 0 Å². The molecule has 2 aromatic rings. The van der Waals surface area contributed by atoms with Gasteiger partial charge in [0.2, 0.25) is 5.95 Å². The quantitative estimate of drug-likeness (QED) is 0.913. The van der Waals surface area contributed by atoms with Gasteiger partial charge in [-0.25, -0.2) is 15.0 Å². The largest absolute Gasteiger partial charge is 0.416 e. The lowest BCUT2D eigenvalue weighted by molar-refractivity contribution is -0.137. The maximum absolute atomic E-state index is 12.7. The molecule has 22 heavy (non-hydrogen) atoms. The number of hydrogen-bond donors (Lipinski definition) is 2. The number of rotatable bonds is 3. The van der Waals surface area contributed by atoms with Gasteiger partial charge in [-0.1, -0.05) is 0 Å². The van der Waals surface area contributed by atoms with Crippen LogP contribution in [0.3, 0.4) is 0 Å². The van der Waals surface area contributed by atoms with Crippen molar-refractivity contribution in [2.24, 2.45) is 0 Å². The summed E-state index contributed by atoms with van der Waals surface area (Å²) in [7, 11) is 0. The molecule has 1 atom stereocenters. The van der Waals surface area contributed by atoms with Crippen molar-refractivity contribution in [1.29, 1.82) is 0 Å². The molecule has 1 fully saturated rings. The molecule has 2 aromatic heterocycles. The number of nitrogens with zero attached hydrogens (tertiary/aromatic N) is 3. The van der Waals surface area contributed by atoms with Crippen LogP contribution in [0.4, 0.5) is 24.9 Å². The Hall–Kier alpha value is -2.22. The van der Waals surface area contributed by atoms with E-state index in [1.807, 2.05) is 6.07 Å². The molecule has 0 bridgehead atoms. The number of aromatic nitrogens is 3. The summed E-state index contributed by atoms with van der Waals surface area (Å²) in [5.74, 6) is 0.616. The summed E-state index contributed by atoms with van der Waals surface area (Å²) in [6, 6.07) is 3.68. The predicted octanol–water partition coefficient (Wildman–Crippen LogP) is 2.71. The maximum Gasteiger partial charge on any atom is 0.416 e. The normalized spacial score (nSPS) is 18.4. The Labute approximate surface area is 125 Å². The van der Waals surface area contributed by atoms with Crippen molar-refractivity contribution in [2.45, 2.75) is 18.5 Å². The molecule has 1 aliphatic rings. The summed E-state index contributed by atoms with van der Waals surface area (Å²) in [5.41, 5.74) is 0.107. The minimum absolute atomic E-state index is 0.0662. The van der Waals surface area contributed by atoms with Crippen molar-refractivity contribution in [3.63, 3.8) is 0 Å². The first-order chi connectivity index (χ1) is 10.5. The minimum Gasteiger partial charge on any atom is -0.316 e. The molecule has 0 amide bonds. The first-order valence-corrected chi connectivity index (χ1v) is 6.86. The third kappa shape index (κ3) is 3.33. The van der Waals surface area contributed by atoms with E-state index in [0.29, 0.717) is 5.92 Å². The molecule has 1 saturated heterocycles. The molecule has 0 aromatic carbocycles. The van der Waals surface area contributed by atoms with Crippen LogP contribution in [-0.2, 0) is 6.18 Å². The second-order valence-electron chi connectivity index (χ2n) is 5.05. The molecule has 2 N–H and O–H groups in total. The van der Waals surface area contributed by atoms with E-state index in [1.165, 1.54) is 0 Å². The van der Waals surface area contributed by atoms with E-state index in [2.05, 4.69) is 25.6 Å². The molecular formula is C14H14F3N5. The van der Waals surface area contributed by atoms with Crippen molar-refractivity contribution in [1.82, 2.24) is 20.3 Å². The topological polar surface area (TPSA) is 62.7 Å². The number of halogens is 3. The van der Waals surface area contributed by atoms with Gasteiger partial charge in [0.15, 0.2) is 0 Å². The Morgan fingerprint density at radius 1 is 1.18 bits per heavy atom. The van der Waals surface area contributed by atoms with E-state index in [0.717, 1.165) is 43.5 Å². The molecule has 116 valence electrons. The van der Waals surface area contributed by atoms with Crippen LogP contribution in [0, 0.1) is 0 Å². The number of alkyl halides is 3. The summed E-state index contributed by atoms with van der Waals surface area (Å²) in [6.07, 6.45) is -0.720. The standard InChI is InChI=1S/C14H14F3N5/c15-14(16,17)10-2-5-19-12(7-10)22-13-20-6-3-11(21-13)9-1-4-18-8-9/h2-3,5-7,9,18H,1,4,8H2,(H,19,20,21,22)/t9-/m0/s1. The molecule has 8 heteroatoms. The molecule has 1 aliphatic heterocycles. The highest BCUT2D eigenvalue weighted by Crippen LogP contribution is 2.30.